The highest BCUT2D eigenvalue weighted by molar-refractivity contribution is 5.74. The second-order valence-electron chi connectivity index (χ2n) is 5.62. The summed E-state index contributed by atoms with van der Waals surface area (Å²) in [4.78, 5) is 18.8. The molecule has 1 unspecified atom stereocenters. The van der Waals surface area contributed by atoms with Gasteiger partial charge in [0.25, 0.3) is 0 Å². The van der Waals surface area contributed by atoms with Crippen LogP contribution in [0.4, 0.5) is 4.79 Å². The molecule has 2 fully saturated rings. The number of rotatable bonds is 0. The Morgan fingerprint density at radius 1 is 1.00 bits per heavy atom. The molecule has 0 spiro atoms. The molecule has 1 atom stereocenters. The van der Waals surface area contributed by atoms with Crippen molar-refractivity contribution in [3.63, 3.8) is 0 Å². The first-order valence-corrected chi connectivity index (χ1v) is 6.89. The van der Waals surface area contributed by atoms with Gasteiger partial charge in [0.1, 0.15) is 0 Å². The third kappa shape index (κ3) is 3.35. The highest BCUT2D eigenvalue weighted by Gasteiger charge is 2.26. The summed E-state index contributed by atoms with van der Waals surface area (Å²) < 4.78 is 0. The number of nitrogens with zero attached hydrogens (tertiary/aromatic N) is 3. The minimum atomic E-state index is 0.270. The maximum Gasteiger partial charge on any atom is 0.320 e. The van der Waals surface area contributed by atoms with E-state index in [-0.39, 0.29) is 6.03 Å². The van der Waals surface area contributed by atoms with E-state index in [0.717, 1.165) is 45.7 Å². The number of amides is 2. The summed E-state index contributed by atoms with van der Waals surface area (Å²) in [6.45, 7) is 8.08. The number of carbonyl (C=O) groups excluding carboxylic acids is 1. The number of likely N-dealkylation sites (N-methyl/N-ethyl adjacent to an activating group) is 1. The van der Waals surface area contributed by atoms with Gasteiger partial charge < -0.3 is 14.7 Å². The predicted octanol–water partition coefficient (Wildman–Crippen LogP) is 1.48. The van der Waals surface area contributed by atoms with E-state index in [2.05, 4.69) is 23.8 Å². The zero-order chi connectivity index (χ0) is 12.3. The number of likely N-dealkylation sites (tertiary alicyclic amines) is 1. The van der Waals surface area contributed by atoms with Gasteiger partial charge in [0.15, 0.2) is 0 Å². The zero-order valence-electron chi connectivity index (χ0n) is 11.2. The van der Waals surface area contributed by atoms with Gasteiger partial charge in [-0.3, -0.25) is 0 Å². The molecule has 0 aliphatic carbocycles. The molecule has 0 aromatic heterocycles. The minimum Gasteiger partial charge on any atom is -0.324 e. The van der Waals surface area contributed by atoms with Crippen LogP contribution in [0.1, 0.15) is 26.2 Å². The van der Waals surface area contributed by atoms with Gasteiger partial charge in [0.05, 0.1) is 0 Å². The van der Waals surface area contributed by atoms with Crippen molar-refractivity contribution < 1.29 is 4.79 Å². The molecule has 2 aliphatic rings. The van der Waals surface area contributed by atoms with Gasteiger partial charge in [0, 0.05) is 32.7 Å². The van der Waals surface area contributed by atoms with Crippen LogP contribution in [0.2, 0.25) is 0 Å². The quantitative estimate of drug-likeness (QED) is 0.640. The number of hydrogen-bond acceptors (Lipinski definition) is 2. The molecule has 0 saturated carbocycles. The maximum absolute atomic E-state index is 12.4. The van der Waals surface area contributed by atoms with Crippen LogP contribution in [-0.2, 0) is 0 Å². The fourth-order valence-corrected chi connectivity index (χ4v) is 2.80. The Hall–Kier alpha value is -0.770. The summed E-state index contributed by atoms with van der Waals surface area (Å²) >= 11 is 0. The Labute approximate surface area is 105 Å². The summed E-state index contributed by atoms with van der Waals surface area (Å²) in [5.74, 6) is 0.669. The summed E-state index contributed by atoms with van der Waals surface area (Å²) in [6.07, 6.45) is 3.54. The van der Waals surface area contributed by atoms with Crippen molar-refractivity contribution in [3.05, 3.63) is 0 Å². The van der Waals surface area contributed by atoms with Gasteiger partial charge in [-0.25, -0.2) is 4.79 Å². The van der Waals surface area contributed by atoms with Gasteiger partial charge in [-0.2, -0.15) is 0 Å². The Kier molecular flexibility index (Phi) is 4.26. The zero-order valence-corrected chi connectivity index (χ0v) is 11.2. The smallest absolute Gasteiger partial charge is 0.320 e. The topological polar surface area (TPSA) is 26.8 Å². The predicted molar refractivity (Wildman–Crippen MR) is 69.1 cm³/mol. The van der Waals surface area contributed by atoms with Crippen LogP contribution in [0.25, 0.3) is 0 Å². The van der Waals surface area contributed by atoms with E-state index < -0.39 is 0 Å². The molecular formula is C13H25N3O. The van der Waals surface area contributed by atoms with E-state index in [0.29, 0.717) is 5.92 Å². The fourth-order valence-electron chi connectivity index (χ4n) is 2.80. The van der Waals surface area contributed by atoms with Gasteiger partial charge >= 0.3 is 6.03 Å². The van der Waals surface area contributed by atoms with Crippen LogP contribution in [0, 0.1) is 5.92 Å². The molecule has 0 aromatic rings. The highest BCUT2D eigenvalue weighted by atomic mass is 16.2. The first-order valence-electron chi connectivity index (χ1n) is 6.89. The number of carbonyl (C=O) groups is 1. The molecule has 17 heavy (non-hydrogen) atoms. The molecule has 0 aromatic carbocycles. The van der Waals surface area contributed by atoms with E-state index in [4.69, 9.17) is 0 Å². The van der Waals surface area contributed by atoms with Crippen LogP contribution >= 0.6 is 0 Å². The average Bonchev–Trinajstić information content (AvgIpc) is 2.53. The SMILES string of the molecule is CC1CCCN(C(=O)N2CCCN(C)CC2)C1. The summed E-state index contributed by atoms with van der Waals surface area (Å²) in [7, 11) is 2.14. The molecule has 2 saturated heterocycles. The van der Waals surface area contributed by atoms with Crippen LogP contribution in [0.3, 0.4) is 0 Å². The second kappa shape index (κ2) is 5.71. The molecule has 4 nitrogen and oxygen atoms in total. The summed E-state index contributed by atoms with van der Waals surface area (Å²) in [6, 6.07) is 0.270. The van der Waals surface area contributed by atoms with E-state index in [9.17, 15) is 4.79 Å². The lowest BCUT2D eigenvalue weighted by Crippen LogP contribution is -2.48. The van der Waals surface area contributed by atoms with Crippen molar-refractivity contribution >= 4 is 6.03 Å². The van der Waals surface area contributed by atoms with Gasteiger partial charge in [-0.1, -0.05) is 6.92 Å². The first-order chi connectivity index (χ1) is 8.16. The van der Waals surface area contributed by atoms with Crippen molar-refractivity contribution in [3.8, 4) is 0 Å². The Morgan fingerprint density at radius 3 is 2.53 bits per heavy atom. The minimum absolute atomic E-state index is 0.270. The Morgan fingerprint density at radius 2 is 1.76 bits per heavy atom. The van der Waals surface area contributed by atoms with Crippen LogP contribution in [-0.4, -0.2) is 67.0 Å². The molecular weight excluding hydrogens is 214 g/mol. The number of hydrogen-bond donors (Lipinski definition) is 0. The van der Waals surface area contributed by atoms with Crippen molar-refractivity contribution in [2.24, 2.45) is 5.92 Å². The molecule has 0 N–H and O–H groups in total. The van der Waals surface area contributed by atoms with Crippen LogP contribution < -0.4 is 0 Å². The molecule has 4 heteroatoms. The molecule has 0 bridgehead atoms. The number of urea groups is 1. The lowest BCUT2D eigenvalue weighted by Gasteiger charge is -2.35. The van der Waals surface area contributed by atoms with Crippen molar-refractivity contribution in [1.29, 1.82) is 0 Å². The highest BCUT2D eigenvalue weighted by Crippen LogP contribution is 2.17. The van der Waals surface area contributed by atoms with Crippen molar-refractivity contribution in [2.75, 3.05) is 46.3 Å². The summed E-state index contributed by atoms with van der Waals surface area (Å²) in [5.41, 5.74) is 0. The fraction of sp³-hybridized carbons (Fsp3) is 0.923. The number of piperidine rings is 1. The lowest BCUT2D eigenvalue weighted by atomic mass is 10.0. The normalized spacial score (nSPS) is 28.0. The first kappa shape index (κ1) is 12.7. The van der Waals surface area contributed by atoms with E-state index >= 15 is 0 Å². The molecule has 2 heterocycles. The van der Waals surface area contributed by atoms with Crippen molar-refractivity contribution in [1.82, 2.24) is 14.7 Å². The van der Waals surface area contributed by atoms with Crippen molar-refractivity contribution in [2.45, 2.75) is 26.2 Å². The molecule has 98 valence electrons. The third-order valence-corrected chi connectivity index (χ3v) is 3.92. The lowest BCUT2D eigenvalue weighted by molar-refractivity contribution is 0.132. The molecule has 2 amide bonds. The van der Waals surface area contributed by atoms with E-state index in [1.807, 2.05) is 4.90 Å². The van der Waals surface area contributed by atoms with E-state index in [1.54, 1.807) is 0 Å². The monoisotopic (exact) mass is 239 g/mol. The molecule has 2 aliphatic heterocycles. The summed E-state index contributed by atoms with van der Waals surface area (Å²) in [5, 5.41) is 0. The van der Waals surface area contributed by atoms with Crippen LogP contribution in [0.5, 0.6) is 0 Å². The van der Waals surface area contributed by atoms with Gasteiger partial charge in [0.2, 0.25) is 0 Å². The average molecular weight is 239 g/mol. The largest absolute Gasteiger partial charge is 0.324 e. The maximum atomic E-state index is 12.4. The Balaban J connectivity index is 1.89. The van der Waals surface area contributed by atoms with E-state index in [1.165, 1.54) is 12.8 Å². The Bertz CT molecular complexity index is 269. The molecule has 0 radical (unpaired) electrons. The third-order valence-electron chi connectivity index (χ3n) is 3.92. The van der Waals surface area contributed by atoms with Gasteiger partial charge in [-0.05, 0) is 38.8 Å². The second-order valence-corrected chi connectivity index (χ2v) is 5.62. The van der Waals surface area contributed by atoms with Gasteiger partial charge in [-0.15, -0.1) is 0 Å². The van der Waals surface area contributed by atoms with Crippen LogP contribution in [0.15, 0.2) is 0 Å². The standard InChI is InChI=1S/C13H25N3O/c1-12-5-3-7-16(11-12)13(17)15-8-4-6-14(2)9-10-15/h12H,3-11H2,1-2H3. The molecule has 2 rings (SSSR count).